The third kappa shape index (κ3) is 1.64. The highest BCUT2D eigenvalue weighted by Crippen LogP contribution is 2.49. The van der Waals surface area contributed by atoms with Crippen molar-refractivity contribution >= 4 is 22.9 Å². The molecule has 1 aliphatic carbocycles. The number of rotatable bonds is 2. The van der Waals surface area contributed by atoms with Crippen LogP contribution in [0.2, 0.25) is 0 Å². The van der Waals surface area contributed by atoms with E-state index in [1.165, 1.54) is 11.3 Å². The monoisotopic (exact) mass is 217 g/mol. The fourth-order valence-electron chi connectivity index (χ4n) is 1.21. The highest BCUT2D eigenvalue weighted by Gasteiger charge is 2.61. The Morgan fingerprint density at radius 3 is 2.71 bits per heavy atom. The lowest BCUT2D eigenvalue weighted by Crippen LogP contribution is -2.17. The van der Waals surface area contributed by atoms with Gasteiger partial charge < -0.3 is 5.32 Å². The lowest BCUT2D eigenvalue weighted by atomic mass is 10.3. The fourth-order valence-corrected chi connectivity index (χ4v) is 1.99. The Balaban J connectivity index is 2.00. The molecule has 1 fully saturated rings. The summed E-state index contributed by atoms with van der Waals surface area (Å²) in [5.41, 5.74) is 1.55. The van der Waals surface area contributed by atoms with Crippen LogP contribution in [-0.4, -0.2) is 11.8 Å². The van der Waals surface area contributed by atoms with Crippen molar-refractivity contribution in [2.75, 3.05) is 5.32 Å². The van der Waals surface area contributed by atoms with Crippen molar-refractivity contribution in [1.29, 1.82) is 0 Å². The maximum Gasteiger partial charge on any atom is 0.260 e. The Hall–Kier alpha value is -0.970. The number of aryl methyl sites for hydroxylation is 1. The van der Waals surface area contributed by atoms with Gasteiger partial charge in [0, 0.05) is 11.8 Å². The van der Waals surface area contributed by atoms with Gasteiger partial charge in [-0.05, 0) is 17.9 Å². The molecule has 1 amide bonds. The van der Waals surface area contributed by atoms with Crippen molar-refractivity contribution in [3.05, 3.63) is 16.3 Å². The van der Waals surface area contributed by atoms with Crippen LogP contribution in [-0.2, 0) is 4.79 Å². The summed E-state index contributed by atoms with van der Waals surface area (Å²) < 4.78 is 25.0. The van der Waals surface area contributed by atoms with Gasteiger partial charge in [-0.1, -0.05) is 0 Å². The van der Waals surface area contributed by atoms with Gasteiger partial charge in [0.15, 0.2) is 0 Å². The van der Waals surface area contributed by atoms with Crippen LogP contribution in [0.5, 0.6) is 0 Å². The first-order chi connectivity index (χ1) is 6.50. The van der Waals surface area contributed by atoms with Crippen molar-refractivity contribution < 1.29 is 13.6 Å². The highest BCUT2D eigenvalue weighted by molar-refractivity contribution is 7.08. The van der Waals surface area contributed by atoms with Crippen LogP contribution in [0.15, 0.2) is 10.8 Å². The Kier molecular flexibility index (Phi) is 2.06. The summed E-state index contributed by atoms with van der Waals surface area (Å²) in [6, 6.07) is 0. The number of amides is 1. The summed E-state index contributed by atoms with van der Waals surface area (Å²) in [6.07, 6.45) is -0.317. The Morgan fingerprint density at radius 2 is 2.29 bits per heavy atom. The SMILES string of the molecule is Cc1cscc1NC(=O)C1CC1(F)F. The molecule has 2 rings (SSSR count). The summed E-state index contributed by atoms with van der Waals surface area (Å²) >= 11 is 1.44. The standard InChI is InChI=1S/C9H9F2NOS/c1-5-3-14-4-7(5)12-8(13)6-2-9(6,10)11/h3-4,6H,2H2,1H3,(H,12,13). The summed E-state index contributed by atoms with van der Waals surface area (Å²) in [5.74, 6) is -4.48. The number of hydrogen-bond donors (Lipinski definition) is 1. The van der Waals surface area contributed by atoms with E-state index in [1.807, 2.05) is 12.3 Å². The number of anilines is 1. The molecule has 0 bridgehead atoms. The second kappa shape index (κ2) is 3.02. The molecule has 1 atom stereocenters. The van der Waals surface area contributed by atoms with Crippen molar-refractivity contribution in [2.24, 2.45) is 5.92 Å². The van der Waals surface area contributed by atoms with E-state index in [0.29, 0.717) is 5.69 Å². The first-order valence-corrected chi connectivity index (χ1v) is 5.16. The molecule has 0 saturated heterocycles. The van der Waals surface area contributed by atoms with Gasteiger partial charge in [0.05, 0.1) is 5.69 Å². The predicted octanol–water partition coefficient (Wildman–Crippen LogP) is 2.65. The average Bonchev–Trinajstić information content (AvgIpc) is 2.54. The summed E-state index contributed by atoms with van der Waals surface area (Å²) in [6.45, 7) is 1.83. The van der Waals surface area contributed by atoms with E-state index >= 15 is 0 Å². The number of carbonyl (C=O) groups excluding carboxylic acids is 1. The van der Waals surface area contributed by atoms with E-state index in [9.17, 15) is 13.6 Å². The quantitative estimate of drug-likeness (QED) is 0.810. The van der Waals surface area contributed by atoms with E-state index < -0.39 is 17.7 Å². The van der Waals surface area contributed by atoms with E-state index in [-0.39, 0.29) is 6.42 Å². The molecule has 0 radical (unpaired) electrons. The number of nitrogens with one attached hydrogen (secondary N) is 1. The molecule has 0 spiro atoms. The zero-order valence-electron chi connectivity index (χ0n) is 7.51. The van der Waals surface area contributed by atoms with Crippen LogP contribution in [0.25, 0.3) is 0 Å². The lowest BCUT2D eigenvalue weighted by Gasteiger charge is -2.02. The van der Waals surface area contributed by atoms with Crippen molar-refractivity contribution in [3.63, 3.8) is 0 Å². The van der Waals surface area contributed by atoms with Crippen LogP contribution in [0.3, 0.4) is 0 Å². The van der Waals surface area contributed by atoms with E-state index in [4.69, 9.17) is 0 Å². The fraction of sp³-hybridized carbons (Fsp3) is 0.444. The predicted molar refractivity (Wildman–Crippen MR) is 50.7 cm³/mol. The molecule has 76 valence electrons. The van der Waals surface area contributed by atoms with Gasteiger partial charge in [-0.2, -0.15) is 0 Å². The lowest BCUT2D eigenvalue weighted by molar-refractivity contribution is -0.119. The molecule has 1 N–H and O–H groups in total. The van der Waals surface area contributed by atoms with Gasteiger partial charge in [-0.3, -0.25) is 4.79 Å². The normalized spacial score (nSPS) is 23.2. The van der Waals surface area contributed by atoms with Crippen LogP contribution in [0.4, 0.5) is 14.5 Å². The van der Waals surface area contributed by atoms with Crippen molar-refractivity contribution in [3.8, 4) is 0 Å². The summed E-state index contributed by atoms with van der Waals surface area (Å²) in [7, 11) is 0. The van der Waals surface area contributed by atoms with Gasteiger partial charge in [-0.15, -0.1) is 11.3 Å². The smallest absolute Gasteiger partial charge is 0.260 e. The zero-order valence-corrected chi connectivity index (χ0v) is 8.33. The topological polar surface area (TPSA) is 29.1 Å². The molecule has 0 aliphatic heterocycles. The molecule has 1 aromatic heterocycles. The number of thiophene rings is 1. The molecule has 1 aliphatic rings. The zero-order chi connectivity index (χ0) is 10.3. The number of carbonyl (C=O) groups is 1. The molecule has 14 heavy (non-hydrogen) atoms. The largest absolute Gasteiger partial charge is 0.325 e. The number of alkyl halides is 2. The first kappa shape index (κ1) is 9.58. The second-order valence-corrected chi connectivity index (χ2v) is 4.22. The van der Waals surface area contributed by atoms with E-state index in [1.54, 1.807) is 5.38 Å². The number of halogens is 2. The maximum atomic E-state index is 12.5. The van der Waals surface area contributed by atoms with Gasteiger partial charge in [0.25, 0.3) is 5.92 Å². The Labute approximate surface area is 83.9 Å². The summed E-state index contributed by atoms with van der Waals surface area (Å²) in [5, 5.41) is 6.10. The minimum atomic E-state index is -2.78. The first-order valence-electron chi connectivity index (χ1n) is 4.22. The molecule has 1 aromatic rings. The van der Waals surface area contributed by atoms with Gasteiger partial charge in [-0.25, -0.2) is 8.78 Å². The highest BCUT2D eigenvalue weighted by atomic mass is 32.1. The summed E-state index contributed by atoms with van der Waals surface area (Å²) in [4.78, 5) is 11.3. The molecular weight excluding hydrogens is 208 g/mol. The third-order valence-electron chi connectivity index (χ3n) is 2.26. The molecule has 5 heteroatoms. The minimum Gasteiger partial charge on any atom is -0.325 e. The van der Waals surface area contributed by atoms with Gasteiger partial charge in [0.1, 0.15) is 5.92 Å². The minimum absolute atomic E-state index is 0.317. The molecule has 1 saturated carbocycles. The van der Waals surface area contributed by atoms with E-state index in [0.717, 1.165) is 5.56 Å². The van der Waals surface area contributed by atoms with Crippen LogP contribution >= 0.6 is 11.3 Å². The number of hydrogen-bond acceptors (Lipinski definition) is 2. The molecule has 2 nitrogen and oxygen atoms in total. The van der Waals surface area contributed by atoms with E-state index in [2.05, 4.69) is 5.32 Å². The van der Waals surface area contributed by atoms with Crippen LogP contribution in [0.1, 0.15) is 12.0 Å². The van der Waals surface area contributed by atoms with Crippen molar-refractivity contribution in [1.82, 2.24) is 0 Å². The molecule has 1 heterocycles. The molecule has 1 unspecified atom stereocenters. The van der Waals surface area contributed by atoms with Crippen LogP contribution < -0.4 is 5.32 Å². The molecular formula is C9H9F2NOS. The Bertz CT molecular complexity index is 375. The molecule has 0 aromatic carbocycles. The van der Waals surface area contributed by atoms with Gasteiger partial charge >= 0.3 is 0 Å². The maximum absolute atomic E-state index is 12.5. The Morgan fingerprint density at radius 1 is 1.64 bits per heavy atom. The third-order valence-corrected chi connectivity index (χ3v) is 3.12. The second-order valence-electron chi connectivity index (χ2n) is 3.48. The van der Waals surface area contributed by atoms with Crippen LogP contribution in [0, 0.1) is 12.8 Å². The van der Waals surface area contributed by atoms with Gasteiger partial charge in [0.2, 0.25) is 5.91 Å². The van der Waals surface area contributed by atoms with Crippen molar-refractivity contribution in [2.45, 2.75) is 19.3 Å². The average molecular weight is 217 g/mol.